The Morgan fingerprint density at radius 1 is 1.29 bits per heavy atom. The van der Waals surface area contributed by atoms with Crippen molar-refractivity contribution in [1.29, 1.82) is 0 Å². The number of nitrogens with two attached hydrogens (primary N) is 1. The third kappa shape index (κ3) is 4.04. The van der Waals surface area contributed by atoms with Crippen molar-refractivity contribution >= 4 is 17.2 Å². The predicted molar refractivity (Wildman–Crippen MR) is 115 cm³/mol. The van der Waals surface area contributed by atoms with Gasteiger partial charge in [0.25, 0.3) is 0 Å². The third-order valence-corrected chi connectivity index (χ3v) is 6.09. The molecule has 2 aliphatic rings. The van der Waals surface area contributed by atoms with Crippen LogP contribution in [0.25, 0.3) is 5.57 Å². The van der Waals surface area contributed by atoms with Gasteiger partial charge in [-0.2, -0.15) is 0 Å². The molecule has 1 amide bonds. The minimum absolute atomic E-state index is 0.155. The van der Waals surface area contributed by atoms with E-state index in [1.165, 1.54) is 6.07 Å². The van der Waals surface area contributed by atoms with Crippen LogP contribution >= 0.6 is 0 Å². The number of anilines is 1. The highest BCUT2D eigenvalue weighted by Gasteiger charge is 2.54. The molecular formula is C24H25F2N3O2. The van der Waals surface area contributed by atoms with E-state index >= 15 is 0 Å². The molecule has 4 rings (SSSR count). The van der Waals surface area contributed by atoms with Gasteiger partial charge in [0.05, 0.1) is 24.2 Å². The zero-order valence-electron chi connectivity index (χ0n) is 17.6. The van der Waals surface area contributed by atoms with Gasteiger partial charge in [0.15, 0.2) is 11.6 Å². The molecule has 2 aromatic rings. The standard InChI is InChI=1S/C24H25F2N3O2/c1-13(2)23(14(3)27)20-5-4-15(11-28-20)29-22(30)9-17-16-8-18(25)19(26)10-21(16)31-12-24(17)6-7-24/h4-5,8,10-11,17H,1,6-7,9,12,27H2,2-3H3,(H,29,30)/b23-14+. The molecule has 1 spiro atoms. The van der Waals surface area contributed by atoms with Crippen LogP contribution in [0.3, 0.4) is 0 Å². The van der Waals surface area contributed by atoms with Crippen molar-refractivity contribution in [2.24, 2.45) is 11.1 Å². The highest BCUT2D eigenvalue weighted by Crippen LogP contribution is 2.61. The number of rotatable bonds is 5. The van der Waals surface area contributed by atoms with Crippen LogP contribution in [0.5, 0.6) is 5.75 Å². The molecule has 0 bridgehead atoms. The van der Waals surface area contributed by atoms with Crippen LogP contribution in [0.15, 0.2) is 48.3 Å². The maximum Gasteiger partial charge on any atom is 0.225 e. The number of fused-ring (bicyclic) bond motifs is 1. The minimum atomic E-state index is -0.948. The molecule has 0 saturated heterocycles. The monoisotopic (exact) mass is 425 g/mol. The van der Waals surface area contributed by atoms with Crippen LogP contribution < -0.4 is 15.8 Å². The number of halogens is 2. The fourth-order valence-corrected chi connectivity index (χ4v) is 4.34. The number of nitrogens with one attached hydrogen (secondary N) is 1. The largest absolute Gasteiger partial charge is 0.493 e. The Hall–Kier alpha value is -3.22. The number of allylic oxidation sites excluding steroid dienone is 3. The van der Waals surface area contributed by atoms with Crippen LogP contribution in [0.2, 0.25) is 0 Å². The summed E-state index contributed by atoms with van der Waals surface area (Å²) in [6.07, 6.45) is 3.52. The number of pyridine rings is 1. The number of amides is 1. The quantitative estimate of drug-likeness (QED) is 0.668. The first kappa shape index (κ1) is 21.0. The van der Waals surface area contributed by atoms with Crippen molar-refractivity contribution < 1.29 is 18.3 Å². The summed E-state index contributed by atoms with van der Waals surface area (Å²) >= 11 is 0. The number of aromatic nitrogens is 1. The molecule has 1 aromatic heterocycles. The van der Waals surface area contributed by atoms with E-state index in [1.807, 2.05) is 6.92 Å². The van der Waals surface area contributed by atoms with E-state index in [0.29, 0.717) is 35.0 Å². The lowest BCUT2D eigenvalue weighted by Crippen LogP contribution is -2.31. The summed E-state index contributed by atoms with van der Waals surface area (Å²) in [7, 11) is 0. The second kappa shape index (κ2) is 7.80. The Labute approximate surface area is 180 Å². The maximum absolute atomic E-state index is 13.9. The number of carbonyl (C=O) groups excluding carboxylic acids is 1. The van der Waals surface area contributed by atoms with Gasteiger partial charge in [0, 0.05) is 40.7 Å². The van der Waals surface area contributed by atoms with Gasteiger partial charge in [-0.15, -0.1) is 0 Å². The average Bonchev–Trinajstić information content (AvgIpc) is 3.47. The summed E-state index contributed by atoms with van der Waals surface area (Å²) < 4.78 is 33.2. The van der Waals surface area contributed by atoms with E-state index in [4.69, 9.17) is 10.5 Å². The number of hydrogen-bond donors (Lipinski definition) is 2. The van der Waals surface area contributed by atoms with Gasteiger partial charge in [0.1, 0.15) is 5.75 Å². The zero-order chi connectivity index (χ0) is 22.3. The topological polar surface area (TPSA) is 77.2 Å². The number of hydrogen-bond acceptors (Lipinski definition) is 4. The Morgan fingerprint density at radius 2 is 2.00 bits per heavy atom. The van der Waals surface area contributed by atoms with E-state index in [0.717, 1.165) is 30.1 Å². The molecule has 1 unspecified atom stereocenters. The zero-order valence-corrected chi connectivity index (χ0v) is 17.6. The summed E-state index contributed by atoms with van der Waals surface area (Å²) in [5.41, 5.74) is 9.74. The molecule has 2 heterocycles. The van der Waals surface area contributed by atoms with Gasteiger partial charge in [-0.3, -0.25) is 9.78 Å². The molecule has 1 saturated carbocycles. The van der Waals surface area contributed by atoms with E-state index in [-0.39, 0.29) is 23.7 Å². The normalized spacial score (nSPS) is 19.2. The second-order valence-corrected chi connectivity index (χ2v) is 8.53. The van der Waals surface area contributed by atoms with Crippen molar-refractivity contribution in [3.05, 3.63) is 71.2 Å². The lowest BCUT2D eigenvalue weighted by molar-refractivity contribution is -0.117. The Bertz CT molecular complexity index is 1080. The number of nitrogens with zero attached hydrogens (tertiary/aromatic N) is 1. The van der Waals surface area contributed by atoms with Gasteiger partial charge in [0.2, 0.25) is 5.91 Å². The van der Waals surface area contributed by atoms with Crippen molar-refractivity contribution in [2.45, 2.75) is 39.0 Å². The minimum Gasteiger partial charge on any atom is -0.493 e. The first-order valence-corrected chi connectivity index (χ1v) is 10.2. The first-order valence-electron chi connectivity index (χ1n) is 10.2. The van der Waals surface area contributed by atoms with Crippen molar-refractivity contribution in [3.8, 4) is 5.75 Å². The summed E-state index contributed by atoms with van der Waals surface area (Å²) in [6, 6.07) is 5.77. The molecule has 3 N–H and O–H groups in total. The number of benzene rings is 1. The van der Waals surface area contributed by atoms with E-state index in [9.17, 15) is 13.6 Å². The molecule has 5 nitrogen and oxygen atoms in total. The maximum atomic E-state index is 13.9. The van der Waals surface area contributed by atoms with Crippen molar-refractivity contribution in [2.75, 3.05) is 11.9 Å². The predicted octanol–water partition coefficient (Wildman–Crippen LogP) is 4.91. The summed E-state index contributed by atoms with van der Waals surface area (Å²) in [4.78, 5) is 17.2. The van der Waals surface area contributed by atoms with Crippen LogP contribution in [0.4, 0.5) is 14.5 Å². The number of carbonyl (C=O) groups is 1. The Kier molecular flexibility index (Phi) is 5.29. The van der Waals surface area contributed by atoms with E-state index in [2.05, 4.69) is 16.9 Å². The molecule has 7 heteroatoms. The second-order valence-electron chi connectivity index (χ2n) is 8.53. The van der Waals surface area contributed by atoms with Crippen LogP contribution in [-0.2, 0) is 4.79 Å². The number of ether oxygens (including phenoxy) is 1. The van der Waals surface area contributed by atoms with E-state index < -0.39 is 11.6 Å². The molecule has 1 aliphatic heterocycles. The van der Waals surface area contributed by atoms with Gasteiger partial charge in [-0.1, -0.05) is 6.58 Å². The fraction of sp³-hybridized carbons (Fsp3) is 0.333. The van der Waals surface area contributed by atoms with Crippen LogP contribution in [0, 0.1) is 17.0 Å². The molecule has 1 aliphatic carbocycles. The Morgan fingerprint density at radius 3 is 2.58 bits per heavy atom. The molecule has 0 radical (unpaired) electrons. The summed E-state index contributed by atoms with van der Waals surface area (Å²) in [5.74, 6) is -2.00. The van der Waals surface area contributed by atoms with Crippen LogP contribution in [-0.4, -0.2) is 17.5 Å². The van der Waals surface area contributed by atoms with Gasteiger partial charge >= 0.3 is 0 Å². The fourth-order valence-electron chi connectivity index (χ4n) is 4.34. The average molecular weight is 425 g/mol. The van der Waals surface area contributed by atoms with Crippen LogP contribution in [0.1, 0.15) is 50.3 Å². The van der Waals surface area contributed by atoms with Crippen molar-refractivity contribution in [1.82, 2.24) is 4.98 Å². The van der Waals surface area contributed by atoms with Gasteiger partial charge in [-0.05, 0) is 50.5 Å². The lowest BCUT2D eigenvalue weighted by Gasteiger charge is -2.33. The van der Waals surface area contributed by atoms with Crippen molar-refractivity contribution in [3.63, 3.8) is 0 Å². The molecular weight excluding hydrogens is 400 g/mol. The van der Waals surface area contributed by atoms with Gasteiger partial charge in [-0.25, -0.2) is 8.78 Å². The highest BCUT2D eigenvalue weighted by atomic mass is 19.2. The van der Waals surface area contributed by atoms with Gasteiger partial charge < -0.3 is 15.8 Å². The molecule has 162 valence electrons. The molecule has 1 fully saturated rings. The molecule has 1 aromatic carbocycles. The Balaban J connectivity index is 1.51. The first-order chi connectivity index (χ1) is 14.7. The smallest absolute Gasteiger partial charge is 0.225 e. The molecule has 1 atom stereocenters. The van der Waals surface area contributed by atoms with E-state index in [1.54, 1.807) is 25.3 Å². The third-order valence-electron chi connectivity index (χ3n) is 6.09. The lowest BCUT2D eigenvalue weighted by atomic mass is 9.79. The summed E-state index contributed by atoms with van der Waals surface area (Å²) in [5, 5.41) is 2.86. The summed E-state index contributed by atoms with van der Waals surface area (Å²) in [6.45, 7) is 7.99. The highest BCUT2D eigenvalue weighted by molar-refractivity contribution is 5.91. The molecule has 31 heavy (non-hydrogen) atoms. The SMILES string of the molecule is C=C(C)/C(=C(/C)N)c1ccc(NC(=O)CC2c3cc(F)c(F)cc3OCC23CC3)cn1.